The molecule has 0 spiro atoms. The molecule has 1 saturated heterocycles. The summed E-state index contributed by atoms with van der Waals surface area (Å²) in [6.45, 7) is 4.44. The summed E-state index contributed by atoms with van der Waals surface area (Å²) in [6.07, 6.45) is 3.51. The van der Waals surface area contributed by atoms with Gasteiger partial charge in [-0.05, 0) is 50.2 Å². The predicted octanol–water partition coefficient (Wildman–Crippen LogP) is -1.05. The first-order valence-corrected chi connectivity index (χ1v) is 12.1. The van der Waals surface area contributed by atoms with Crippen LogP contribution in [0.25, 0.3) is 0 Å². The molecule has 1 heterocycles. The zero-order chi connectivity index (χ0) is 24.3. The third-order valence-electron chi connectivity index (χ3n) is 4.98. The number of nitrogens with one attached hydrogen (secondary N) is 4. The van der Waals surface area contributed by atoms with E-state index in [-0.39, 0.29) is 24.3 Å². The molecule has 1 fully saturated rings. The molecular weight excluding hydrogens is 438 g/mol. The fourth-order valence-electron chi connectivity index (χ4n) is 3.33. The molecule has 4 amide bonds. The summed E-state index contributed by atoms with van der Waals surface area (Å²) in [7, 11) is 0. The van der Waals surface area contributed by atoms with Crippen molar-refractivity contribution in [1.82, 2.24) is 21.3 Å². The SMILES string of the molecule is CSCCC(NC(=O)C1CCCN1)C(=O)NC(CC(C)C)C(=O)NC(CC(N)=O)C(=O)O. The van der Waals surface area contributed by atoms with Gasteiger partial charge in [-0.25, -0.2) is 4.79 Å². The molecule has 0 aromatic rings. The molecule has 12 heteroatoms. The Balaban J connectivity index is 2.90. The summed E-state index contributed by atoms with van der Waals surface area (Å²) in [4.78, 5) is 60.7. The Bertz CT molecular complexity index is 683. The first kappa shape index (κ1) is 27.7. The third kappa shape index (κ3) is 9.86. The van der Waals surface area contributed by atoms with Crippen LogP contribution >= 0.6 is 11.8 Å². The number of carboxylic acid groups (broad SMARTS) is 1. The zero-order valence-electron chi connectivity index (χ0n) is 18.8. The van der Waals surface area contributed by atoms with E-state index >= 15 is 0 Å². The van der Waals surface area contributed by atoms with E-state index in [0.717, 1.165) is 13.0 Å². The molecule has 4 atom stereocenters. The van der Waals surface area contributed by atoms with Gasteiger partial charge in [0.05, 0.1) is 12.5 Å². The van der Waals surface area contributed by atoms with Gasteiger partial charge in [-0.1, -0.05) is 13.8 Å². The van der Waals surface area contributed by atoms with Crippen LogP contribution in [0, 0.1) is 5.92 Å². The zero-order valence-corrected chi connectivity index (χ0v) is 19.6. The number of primary amides is 1. The quantitative estimate of drug-likeness (QED) is 0.185. The van der Waals surface area contributed by atoms with Crippen LogP contribution in [-0.4, -0.2) is 77.4 Å². The Morgan fingerprint density at radius 1 is 1.06 bits per heavy atom. The van der Waals surface area contributed by atoms with Crippen molar-refractivity contribution >= 4 is 41.4 Å². The highest BCUT2D eigenvalue weighted by Crippen LogP contribution is 2.10. The summed E-state index contributed by atoms with van der Waals surface area (Å²) in [5.41, 5.74) is 5.06. The van der Waals surface area contributed by atoms with Gasteiger partial charge in [0.1, 0.15) is 18.1 Å². The molecule has 0 bridgehead atoms. The number of nitrogens with two attached hydrogens (primary N) is 1. The lowest BCUT2D eigenvalue weighted by Gasteiger charge is -2.26. The van der Waals surface area contributed by atoms with E-state index in [4.69, 9.17) is 5.73 Å². The average molecular weight is 474 g/mol. The van der Waals surface area contributed by atoms with Crippen LogP contribution in [0.5, 0.6) is 0 Å². The van der Waals surface area contributed by atoms with E-state index in [1.807, 2.05) is 20.1 Å². The van der Waals surface area contributed by atoms with Gasteiger partial charge in [0.25, 0.3) is 0 Å². The monoisotopic (exact) mass is 473 g/mol. The van der Waals surface area contributed by atoms with Crippen LogP contribution in [0.15, 0.2) is 0 Å². The number of rotatable bonds is 14. The van der Waals surface area contributed by atoms with Crippen LogP contribution in [0.4, 0.5) is 0 Å². The number of hydrogen-bond acceptors (Lipinski definition) is 7. The van der Waals surface area contributed by atoms with Crippen molar-refractivity contribution < 1.29 is 29.1 Å². The Morgan fingerprint density at radius 2 is 1.69 bits per heavy atom. The molecule has 32 heavy (non-hydrogen) atoms. The van der Waals surface area contributed by atoms with Crippen molar-refractivity contribution in [2.75, 3.05) is 18.6 Å². The van der Waals surface area contributed by atoms with E-state index < -0.39 is 48.2 Å². The molecule has 0 aromatic carbocycles. The van der Waals surface area contributed by atoms with Gasteiger partial charge >= 0.3 is 5.97 Å². The topological polar surface area (TPSA) is 180 Å². The number of thioether (sulfide) groups is 1. The maximum atomic E-state index is 13.0. The smallest absolute Gasteiger partial charge is 0.326 e. The van der Waals surface area contributed by atoms with Gasteiger partial charge in [-0.3, -0.25) is 19.2 Å². The second-order valence-corrected chi connectivity index (χ2v) is 9.24. The maximum Gasteiger partial charge on any atom is 0.326 e. The lowest BCUT2D eigenvalue weighted by molar-refractivity contribution is -0.143. The van der Waals surface area contributed by atoms with E-state index in [1.165, 1.54) is 11.8 Å². The van der Waals surface area contributed by atoms with E-state index in [2.05, 4.69) is 21.3 Å². The van der Waals surface area contributed by atoms with Crippen molar-refractivity contribution in [3.63, 3.8) is 0 Å². The largest absolute Gasteiger partial charge is 0.480 e. The summed E-state index contributed by atoms with van der Waals surface area (Å²) < 4.78 is 0. The molecule has 7 N–H and O–H groups in total. The van der Waals surface area contributed by atoms with Gasteiger partial charge in [0.2, 0.25) is 23.6 Å². The molecule has 0 radical (unpaired) electrons. The lowest BCUT2D eigenvalue weighted by Crippen LogP contribution is -2.57. The first-order chi connectivity index (χ1) is 15.0. The normalized spacial score (nSPS) is 18.4. The van der Waals surface area contributed by atoms with Crippen LogP contribution in [-0.2, 0) is 24.0 Å². The summed E-state index contributed by atoms with van der Waals surface area (Å²) >= 11 is 1.52. The highest BCUT2D eigenvalue weighted by Gasteiger charge is 2.32. The van der Waals surface area contributed by atoms with Crippen molar-refractivity contribution in [2.24, 2.45) is 11.7 Å². The number of carbonyl (C=O) groups is 5. The Kier molecular flexibility index (Phi) is 12.1. The predicted molar refractivity (Wildman–Crippen MR) is 121 cm³/mol. The summed E-state index contributed by atoms with van der Waals surface area (Å²) in [5.74, 6) is -3.16. The first-order valence-electron chi connectivity index (χ1n) is 10.7. The van der Waals surface area contributed by atoms with Crippen LogP contribution in [0.3, 0.4) is 0 Å². The van der Waals surface area contributed by atoms with Gasteiger partial charge in [0, 0.05) is 0 Å². The number of amides is 4. The molecule has 182 valence electrons. The maximum absolute atomic E-state index is 13.0. The van der Waals surface area contributed by atoms with E-state index in [1.54, 1.807) is 0 Å². The molecule has 0 aromatic heterocycles. The third-order valence-corrected chi connectivity index (χ3v) is 5.62. The van der Waals surface area contributed by atoms with Gasteiger partial charge in [-0.15, -0.1) is 0 Å². The number of carboxylic acids is 1. The minimum Gasteiger partial charge on any atom is -0.480 e. The van der Waals surface area contributed by atoms with Crippen molar-refractivity contribution in [1.29, 1.82) is 0 Å². The fraction of sp³-hybridized carbons (Fsp3) is 0.750. The molecular formula is C20H35N5O6S. The molecule has 1 aliphatic rings. The van der Waals surface area contributed by atoms with Crippen LogP contribution in [0.1, 0.15) is 46.0 Å². The fourth-order valence-corrected chi connectivity index (χ4v) is 3.81. The molecule has 0 aliphatic carbocycles. The van der Waals surface area contributed by atoms with E-state index in [0.29, 0.717) is 18.6 Å². The number of carbonyl (C=O) groups excluding carboxylic acids is 4. The van der Waals surface area contributed by atoms with Crippen molar-refractivity contribution in [3.8, 4) is 0 Å². The highest BCUT2D eigenvalue weighted by atomic mass is 32.2. The Morgan fingerprint density at radius 3 is 2.19 bits per heavy atom. The Labute approximate surface area is 192 Å². The minimum atomic E-state index is -1.49. The van der Waals surface area contributed by atoms with E-state index in [9.17, 15) is 29.1 Å². The molecule has 0 saturated carbocycles. The summed E-state index contributed by atoms with van der Waals surface area (Å²) in [5, 5.41) is 20.0. The number of aliphatic carboxylic acids is 1. The second-order valence-electron chi connectivity index (χ2n) is 8.25. The molecule has 1 aliphatic heterocycles. The van der Waals surface area contributed by atoms with Crippen molar-refractivity contribution in [3.05, 3.63) is 0 Å². The van der Waals surface area contributed by atoms with Crippen molar-refractivity contribution in [2.45, 2.75) is 70.1 Å². The minimum absolute atomic E-state index is 0.00685. The second kappa shape index (κ2) is 13.9. The average Bonchev–Trinajstić information content (AvgIpc) is 3.24. The van der Waals surface area contributed by atoms with Gasteiger partial charge in [-0.2, -0.15) is 11.8 Å². The standard InChI is InChI=1S/C20H35N5O6S/c1-11(2)9-14(19(29)25-15(20(30)31)10-16(21)26)24-18(28)13(6-8-32-3)23-17(27)12-5-4-7-22-12/h11-15,22H,4-10H2,1-3H3,(H2,21,26)(H,23,27)(H,24,28)(H,25,29)(H,30,31). The Hall–Kier alpha value is -2.34. The lowest BCUT2D eigenvalue weighted by atomic mass is 10.0. The van der Waals surface area contributed by atoms with Crippen LogP contribution in [0.2, 0.25) is 0 Å². The molecule has 4 unspecified atom stereocenters. The van der Waals surface area contributed by atoms with Gasteiger partial charge < -0.3 is 32.1 Å². The highest BCUT2D eigenvalue weighted by molar-refractivity contribution is 7.98. The van der Waals surface area contributed by atoms with Gasteiger partial charge in [0.15, 0.2) is 0 Å². The summed E-state index contributed by atoms with van der Waals surface area (Å²) in [6, 6.07) is -3.71. The molecule has 11 nitrogen and oxygen atoms in total. The van der Waals surface area contributed by atoms with Crippen LogP contribution < -0.4 is 27.0 Å². The molecule has 1 rings (SSSR count). The number of hydrogen-bond donors (Lipinski definition) is 6.